The second kappa shape index (κ2) is 4.83. The second-order valence-electron chi connectivity index (χ2n) is 4.00. The standard InChI is InChI=1S/C11H14Br2N2/c1-8-2-3-9(12)7-15(8)11-4-5-14-6-10(11)13/h4-6,8-9H,2-3,7H2,1H3. The molecular weight excluding hydrogens is 320 g/mol. The molecular formula is C11H14Br2N2. The SMILES string of the molecule is CC1CCC(Br)CN1c1ccncc1Br. The van der Waals surface area contributed by atoms with E-state index in [1.165, 1.54) is 18.5 Å². The van der Waals surface area contributed by atoms with Crippen molar-refractivity contribution in [2.75, 3.05) is 11.4 Å². The quantitative estimate of drug-likeness (QED) is 0.730. The Morgan fingerprint density at radius 3 is 3.00 bits per heavy atom. The Balaban J connectivity index is 2.25. The number of alkyl halides is 1. The first-order chi connectivity index (χ1) is 7.18. The number of nitrogens with zero attached hydrogens (tertiary/aromatic N) is 2. The van der Waals surface area contributed by atoms with Crippen LogP contribution in [0.15, 0.2) is 22.9 Å². The minimum Gasteiger partial charge on any atom is -0.367 e. The molecule has 0 spiro atoms. The van der Waals surface area contributed by atoms with Crippen molar-refractivity contribution in [2.24, 2.45) is 0 Å². The monoisotopic (exact) mass is 332 g/mol. The summed E-state index contributed by atoms with van der Waals surface area (Å²) in [6.45, 7) is 3.36. The molecule has 0 aromatic carbocycles. The summed E-state index contributed by atoms with van der Waals surface area (Å²) in [5, 5.41) is 0. The van der Waals surface area contributed by atoms with Gasteiger partial charge in [-0.2, -0.15) is 0 Å². The number of aromatic nitrogens is 1. The number of piperidine rings is 1. The zero-order valence-electron chi connectivity index (χ0n) is 8.66. The van der Waals surface area contributed by atoms with Crippen LogP contribution in [0.5, 0.6) is 0 Å². The molecule has 0 amide bonds. The predicted molar refractivity (Wildman–Crippen MR) is 70.7 cm³/mol. The summed E-state index contributed by atoms with van der Waals surface area (Å²) in [6, 6.07) is 2.68. The van der Waals surface area contributed by atoms with Crippen molar-refractivity contribution < 1.29 is 0 Å². The summed E-state index contributed by atoms with van der Waals surface area (Å²) in [7, 11) is 0. The zero-order chi connectivity index (χ0) is 10.8. The van der Waals surface area contributed by atoms with Gasteiger partial charge in [0.2, 0.25) is 0 Å². The van der Waals surface area contributed by atoms with E-state index in [0.717, 1.165) is 11.0 Å². The van der Waals surface area contributed by atoms with Crippen LogP contribution in [0.25, 0.3) is 0 Å². The van der Waals surface area contributed by atoms with Crippen molar-refractivity contribution in [1.82, 2.24) is 4.98 Å². The minimum atomic E-state index is 0.605. The molecule has 0 saturated carbocycles. The molecule has 1 fully saturated rings. The Bertz CT molecular complexity index is 343. The van der Waals surface area contributed by atoms with Gasteiger partial charge in [-0.25, -0.2) is 0 Å². The lowest BCUT2D eigenvalue weighted by Gasteiger charge is -2.38. The van der Waals surface area contributed by atoms with Gasteiger partial charge in [-0.1, -0.05) is 15.9 Å². The topological polar surface area (TPSA) is 16.1 Å². The molecule has 15 heavy (non-hydrogen) atoms. The molecule has 0 N–H and O–H groups in total. The third kappa shape index (κ3) is 2.53. The van der Waals surface area contributed by atoms with Gasteiger partial charge in [0.05, 0.1) is 10.2 Å². The highest BCUT2D eigenvalue weighted by atomic mass is 79.9. The molecule has 2 heterocycles. The van der Waals surface area contributed by atoms with E-state index in [4.69, 9.17) is 0 Å². The second-order valence-corrected chi connectivity index (χ2v) is 6.15. The zero-order valence-corrected chi connectivity index (χ0v) is 11.8. The highest BCUT2D eigenvalue weighted by Crippen LogP contribution is 2.32. The summed E-state index contributed by atoms with van der Waals surface area (Å²) >= 11 is 7.27. The number of rotatable bonds is 1. The normalized spacial score (nSPS) is 26.7. The van der Waals surface area contributed by atoms with Crippen LogP contribution >= 0.6 is 31.9 Å². The third-order valence-electron chi connectivity index (χ3n) is 2.89. The molecule has 4 heteroatoms. The summed E-state index contributed by atoms with van der Waals surface area (Å²) in [5.74, 6) is 0. The number of halogens is 2. The smallest absolute Gasteiger partial charge is 0.0592 e. The summed E-state index contributed by atoms with van der Waals surface area (Å²) in [6.07, 6.45) is 6.22. The van der Waals surface area contributed by atoms with Gasteiger partial charge in [0, 0.05) is 29.8 Å². The Hall–Kier alpha value is -0.0900. The number of anilines is 1. The first-order valence-electron chi connectivity index (χ1n) is 5.18. The van der Waals surface area contributed by atoms with E-state index in [-0.39, 0.29) is 0 Å². The van der Waals surface area contributed by atoms with Crippen LogP contribution in [-0.4, -0.2) is 22.4 Å². The average molecular weight is 334 g/mol. The fraction of sp³-hybridized carbons (Fsp3) is 0.545. The summed E-state index contributed by atoms with van der Waals surface area (Å²) in [5.41, 5.74) is 1.25. The number of hydrogen-bond acceptors (Lipinski definition) is 2. The largest absolute Gasteiger partial charge is 0.367 e. The van der Waals surface area contributed by atoms with Gasteiger partial charge < -0.3 is 4.90 Å². The molecule has 1 aromatic rings. The van der Waals surface area contributed by atoms with Gasteiger partial charge in [0.15, 0.2) is 0 Å². The molecule has 0 radical (unpaired) electrons. The van der Waals surface area contributed by atoms with Crippen molar-refractivity contribution in [2.45, 2.75) is 30.6 Å². The summed E-state index contributed by atoms with van der Waals surface area (Å²) < 4.78 is 1.08. The maximum atomic E-state index is 4.10. The molecule has 1 aromatic heterocycles. The fourth-order valence-corrected chi connectivity index (χ4v) is 3.05. The molecule has 2 unspecified atom stereocenters. The predicted octanol–water partition coefficient (Wildman–Crippen LogP) is 3.60. The van der Waals surface area contributed by atoms with Crippen molar-refractivity contribution in [3.05, 3.63) is 22.9 Å². The van der Waals surface area contributed by atoms with E-state index in [1.54, 1.807) is 0 Å². The van der Waals surface area contributed by atoms with Crippen molar-refractivity contribution >= 4 is 37.5 Å². The van der Waals surface area contributed by atoms with Gasteiger partial charge >= 0.3 is 0 Å². The van der Waals surface area contributed by atoms with Crippen LogP contribution in [0, 0.1) is 0 Å². The molecule has 2 rings (SSSR count). The maximum absolute atomic E-state index is 4.10. The Labute approximate surface area is 107 Å². The maximum Gasteiger partial charge on any atom is 0.0592 e. The van der Waals surface area contributed by atoms with Gasteiger partial charge in [-0.05, 0) is 41.8 Å². The van der Waals surface area contributed by atoms with Gasteiger partial charge in [0.25, 0.3) is 0 Å². The van der Waals surface area contributed by atoms with Crippen LogP contribution in [0.4, 0.5) is 5.69 Å². The van der Waals surface area contributed by atoms with E-state index < -0.39 is 0 Å². The van der Waals surface area contributed by atoms with Crippen molar-refractivity contribution in [1.29, 1.82) is 0 Å². The van der Waals surface area contributed by atoms with Crippen LogP contribution < -0.4 is 4.90 Å². The highest BCUT2D eigenvalue weighted by Gasteiger charge is 2.24. The van der Waals surface area contributed by atoms with Gasteiger partial charge in [-0.15, -0.1) is 0 Å². The average Bonchev–Trinajstić information content (AvgIpc) is 2.23. The van der Waals surface area contributed by atoms with Crippen LogP contribution in [0.1, 0.15) is 19.8 Å². The van der Waals surface area contributed by atoms with E-state index in [1.807, 2.05) is 12.4 Å². The highest BCUT2D eigenvalue weighted by molar-refractivity contribution is 9.10. The van der Waals surface area contributed by atoms with Crippen LogP contribution in [0.2, 0.25) is 0 Å². The summed E-state index contributed by atoms with van der Waals surface area (Å²) in [4.78, 5) is 7.14. The van der Waals surface area contributed by atoms with Gasteiger partial charge in [0.1, 0.15) is 0 Å². The lowest BCUT2D eigenvalue weighted by atomic mass is 10.0. The number of hydrogen-bond donors (Lipinski definition) is 0. The Morgan fingerprint density at radius 2 is 2.27 bits per heavy atom. The third-order valence-corrected chi connectivity index (χ3v) is 4.24. The first kappa shape index (κ1) is 11.4. The lowest BCUT2D eigenvalue weighted by molar-refractivity contribution is 0.497. The molecule has 1 saturated heterocycles. The van der Waals surface area contributed by atoms with Crippen molar-refractivity contribution in [3.8, 4) is 0 Å². The minimum absolute atomic E-state index is 0.605. The van der Waals surface area contributed by atoms with E-state index in [2.05, 4.69) is 54.7 Å². The van der Waals surface area contributed by atoms with E-state index >= 15 is 0 Å². The van der Waals surface area contributed by atoms with E-state index in [0.29, 0.717) is 10.9 Å². The lowest BCUT2D eigenvalue weighted by Crippen LogP contribution is -2.42. The first-order valence-corrected chi connectivity index (χ1v) is 6.89. The Kier molecular flexibility index (Phi) is 3.67. The molecule has 0 bridgehead atoms. The molecule has 2 nitrogen and oxygen atoms in total. The molecule has 1 aliphatic heterocycles. The van der Waals surface area contributed by atoms with Crippen molar-refractivity contribution in [3.63, 3.8) is 0 Å². The fourth-order valence-electron chi connectivity index (χ4n) is 2.00. The van der Waals surface area contributed by atoms with E-state index in [9.17, 15) is 0 Å². The molecule has 1 aliphatic rings. The molecule has 0 aliphatic carbocycles. The molecule has 2 atom stereocenters. The number of pyridine rings is 1. The molecule has 82 valence electrons. The van der Waals surface area contributed by atoms with Crippen LogP contribution in [-0.2, 0) is 0 Å². The van der Waals surface area contributed by atoms with Crippen LogP contribution in [0.3, 0.4) is 0 Å². The Morgan fingerprint density at radius 1 is 1.47 bits per heavy atom. The van der Waals surface area contributed by atoms with Gasteiger partial charge in [-0.3, -0.25) is 4.98 Å².